The van der Waals surface area contributed by atoms with Crippen LogP contribution < -0.4 is 5.73 Å². The molecule has 0 bridgehead atoms. The Morgan fingerprint density at radius 3 is 2.24 bits per heavy atom. The molecule has 0 aliphatic heterocycles. The molecule has 1 aromatic rings. The van der Waals surface area contributed by atoms with Gasteiger partial charge in [-0.15, -0.1) is 0 Å². The lowest BCUT2D eigenvalue weighted by Crippen LogP contribution is -2.41. The van der Waals surface area contributed by atoms with Crippen molar-refractivity contribution in [2.75, 3.05) is 18.9 Å². The van der Waals surface area contributed by atoms with Gasteiger partial charge in [0.2, 0.25) is 10.0 Å². The summed E-state index contributed by atoms with van der Waals surface area (Å²) >= 11 is 0. The molecule has 0 aliphatic rings. The minimum atomic E-state index is -3.66. The molecule has 1 aromatic carbocycles. The van der Waals surface area contributed by atoms with Gasteiger partial charge in [0.15, 0.2) is 0 Å². The average molecular weight is 314 g/mol. The molecular weight excluding hydrogens is 288 g/mol. The van der Waals surface area contributed by atoms with Crippen LogP contribution in [0.5, 0.6) is 0 Å². The van der Waals surface area contributed by atoms with E-state index in [1.807, 2.05) is 27.7 Å². The fourth-order valence-corrected chi connectivity index (χ4v) is 4.32. The van der Waals surface area contributed by atoms with Crippen molar-refractivity contribution in [3.05, 3.63) is 23.3 Å². The number of sulfonamides is 1. The molecule has 0 saturated carbocycles. The quantitative estimate of drug-likeness (QED) is 0.755. The first kappa shape index (κ1) is 17.9. The molecule has 0 radical (unpaired) electrons. The number of nitrogens with two attached hydrogens (primary N) is 1. The Hall–Kier alpha value is -1.11. The third-order valence-corrected chi connectivity index (χ3v) is 5.89. The molecule has 0 fully saturated rings. The summed E-state index contributed by atoms with van der Waals surface area (Å²) in [5, 5.41) is 9.21. The van der Waals surface area contributed by atoms with Crippen LogP contribution in [0.4, 0.5) is 5.69 Å². The maximum atomic E-state index is 12.9. The predicted molar refractivity (Wildman–Crippen MR) is 85.7 cm³/mol. The third-order valence-electron chi connectivity index (χ3n) is 3.96. The lowest BCUT2D eigenvalue weighted by Gasteiger charge is -2.29. The highest BCUT2D eigenvalue weighted by atomic mass is 32.2. The highest BCUT2D eigenvalue weighted by Gasteiger charge is 2.29. The van der Waals surface area contributed by atoms with Crippen molar-refractivity contribution >= 4 is 15.7 Å². The van der Waals surface area contributed by atoms with Gasteiger partial charge < -0.3 is 10.8 Å². The molecule has 6 heteroatoms. The molecule has 0 atom stereocenters. The van der Waals surface area contributed by atoms with Gasteiger partial charge in [0.05, 0.1) is 11.5 Å². The van der Waals surface area contributed by atoms with Gasteiger partial charge in [-0.25, -0.2) is 8.42 Å². The molecule has 0 unspecified atom stereocenters. The standard InChI is InChI=1S/C15H26N2O3S/c1-5-13(6-2)17(7-8-18)21(19,20)14-9-11(3)12(4)15(16)10-14/h9-10,13,18H,5-8,16H2,1-4H3. The lowest BCUT2D eigenvalue weighted by molar-refractivity contribution is 0.219. The van der Waals surface area contributed by atoms with E-state index in [1.165, 1.54) is 10.4 Å². The van der Waals surface area contributed by atoms with Gasteiger partial charge in [-0.05, 0) is 49.9 Å². The minimum Gasteiger partial charge on any atom is -0.398 e. The Labute approximate surface area is 127 Å². The van der Waals surface area contributed by atoms with Crippen molar-refractivity contribution in [2.24, 2.45) is 0 Å². The minimum absolute atomic E-state index is 0.0987. The zero-order valence-electron chi connectivity index (χ0n) is 13.3. The molecular formula is C15H26N2O3S. The summed E-state index contributed by atoms with van der Waals surface area (Å²) in [7, 11) is -3.66. The zero-order valence-corrected chi connectivity index (χ0v) is 14.1. The van der Waals surface area contributed by atoms with E-state index in [0.29, 0.717) is 18.5 Å². The summed E-state index contributed by atoms with van der Waals surface area (Å²) in [6, 6.07) is 3.03. The third kappa shape index (κ3) is 3.75. The van der Waals surface area contributed by atoms with Crippen LogP contribution in [0.1, 0.15) is 37.8 Å². The number of hydrogen-bond donors (Lipinski definition) is 2. The molecule has 1 rings (SSSR count). The lowest BCUT2D eigenvalue weighted by atomic mass is 10.1. The zero-order chi connectivity index (χ0) is 16.2. The van der Waals surface area contributed by atoms with Crippen LogP contribution >= 0.6 is 0 Å². The second-order valence-corrected chi connectivity index (χ2v) is 7.15. The number of rotatable bonds is 7. The van der Waals surface area contributed by atoms with Crippen molar-refractivity contribution in [3.63, 3.8) is 0 Å². The van der Waals surface area contributed by atoms with E-state index in [1.54, 1.807) is 6.07 Å². The molecule has 5 nitrogen and oxygen atoms in total. The number of anilines is 1. The molecule has 0 aromatic heterocycles. The van der Waals surface area contributed by atoms with E-state index in [2.05, 4.69) is 0 Å². The highest BCUT2D eigenvalue weighted by molar-refractivity contribution is 7.89. The predicted octanol–water partition coefficient (Wildman–Crippen LogP) is 2.06. The second-order valence-electron chi connectivity index (χ2n) is 5.26. The topological polar surface area (TPSA) is 83.6 Å². The molecule has 0 saturated heterocycles. The molecule has 0 spiro atoms. The highest BCUT2D eigenvalue weighted by Crippen LogP contribution is 2.26. The summed E-state index contributed by atoms with van der Waals surface area (Å²) in [4.78, 5) is 0.198. The van der Waals surface area contributed by atoms with Gasteiger partial charge in [0.25, 0.3) is 0 Å². The summed E-state index contributed by atoms with van der Waals surface area (Å²) < 4.78 is 27.1. The van der Waals surface area contributed by atoms with Gasteiger partial charge >= 0.3 is 0 Å². The summed E-state index contributed by atoms with van der Waals surface area (Å²) in [6.07, 6.45) is 1.41. The van der Waals surface area contributed by atoms with Gasteiger partial charge in [0, 0.05) is 18.3 Å². The van der Waals surface area contributed by atoms with Crippen LogP contribution in [0.15, 0.2) is 17.0 Å². The van der Waals surface area contributed by atoms with Crippen LogP contribution in [0, 0.1) is 13.8 Å². The first-order valence-electron chi connectivity index (χ1n) is 7.28. The Bertz CT molecular complexity index is 558. The Balaban J connectivity index is 3.35. The van der Waals surface area contributed by atoms with Crippen LogP contribution in [-0.4, -0.2) is 37.0 Å². The SMILES string of the molecule is CCC(CC)N(CCO)S(=O)(=O)c1cc(C)c(C)c(N)c1. The number of nitrogen functional groups attached to an aromatic ring is 1. The fourth-order valence-electron chi connectivity index (χ4n) is 2.43. The van der Waals surface area contributed by atoms with Crippen LogP contribution in [-0.2, 0) is 10.0 Å². The monoisotopic (exact) mass is 314 g/mol. The smallest absolute Gasteiger partial charge is 0.243 e. The molecule has 120 valence electrons. The number of hydrogen-bond acceptors (Lipinski definition) is 4. The van der Waals surface area contributed by atoms with E-state index >= 15 is 0 Å². The van der Waals surface area contributed by atoms with E-state index in [9.17, 15) is 13.5 Å². The van der Waals surface area contributed by atoms with E-state index in [-0.39, 0.29) is 24.1 Å². The van der Waals surface area contributed by atoms with Gasteiger partial charge in [-0.1, -0.05) is 13.8 Å². The molecule has 0 amide bonds. The van der Waals surface area contributed by atoms with Crippen LogP contribution in [0.3, 0.4) is 0 Å². The number of aliphatic hydroxyl groups excluding tert-OH is 1. The Morgan fingerprint density at radius 2 is 1.81 bits per heavy atom. The Morgan fingerprint density at radius 1 is 1.24 bits per heavy atom. The maximum Gasteiger partial charge on any atom is 0.243 e. The van der Waals surface area contributed by atoms with Gasteiger partial charge in [-0.3, -0.25) is 0 Å². The first-order chi connectivity index (χ1) is 9.79. The van der Waals surface area contributed by atoms with Crippen molar-refractivity contribution in [2.45, 2.75) is 51.5 Å². The molecule has 3 N–H and O–H groups in total. The normalized spacial score (nSPS) is 12.3. The number of aryl methyl sites for hydroxylation is 1. The second kappa shape index (κ2) is 7.24. The van der Waals surface area contributed by atoms with Crippen molar-refractivity contribution in [3.8, 4) is 0 Å². The molecule has 0 heterocycles. The average Bonchev–Trinajstić information content (AvgIpc) is 2.44. The van der Waals surface area contributed by atoms with E-state index in [4.69, 9.17) is 5.73 Å². The Kier molecular flexibility index (Phi) is 6.19. The fraction of sp³-hybridized carbons (Fsp3) is 0.600. The van der Waals surface area contributed by atoms with E-state index in [0.717, 1.165) is 11.1 Å². The van der Waals surface area contributed by atoms with Crippen molar-refractivity contribution in [1.29, 1.82) is 0 Å². The molecule has 21 heavy (non-hydrogen) atoms. The number of aliphatic hydroxyl groups is 1. The van der Waals surface area contributed by atoms with Gasteiger partial charge in [-0.2, -0.15) is 4.31 Å². The summed E-state index contributed by atoms with van der Waals surface area (Å²) in [6.45, 7) is 7.51. The largest absolute Gasteiger partial charge is 0.398 e. The number of nitrogens with zero attached hydrogens (tertiary/aromatic N) is 1. The van der Waals surface area contributed by atoms with Crippen molar-refractivity contribution < 1.29 is 13.5 Å². The molecule has 0 aliphatic carbocycles. The number of benzene rings is 1. The van der Waals surface area contributed by atoms with Crippen LogP contribution in [0.25, 0.3) is 0 Å². The first-order valence-corrected chi connectivity index (χ1v) is 8.72. The maximum absolute atomic E-state index is 12.9. The van der Waals surface area contributed by atoms with Gasteiger partial charge in [0.1, 0.15) is 0 Å². The summed E-state index contributed by atoms with van der Waals surface area (Å²) in [5.74, 6) is 0. The van der Waals surface area contributed by atoms with Crippen molar-refractivity contribution in [1.82, 2.24) is 4.31 Å². The van der Waals surface area contributed by atoms with Crippen LogP contribution in [0.2, 0.25) is 0 Å². The summed E-state index contributed by atoms with van der Waals surface area (Å²) in [5.41, 5.74) is 8.12. The van der Waals surface area contributed by atoms with E-state index < -0.39 is 10.0 Å².